The number of hydrogen-bond acceptors (Lipinski definition) is 5. The van der Waals surface area contributed by atoms with E-state index in [4.69, 9.17) is 10.5 Å². The van der Waals surface area contributed by atoms with Crippen LogP contribution in [0.4, 0.5) is 5.69 Å². The Bertz CT molecular complexity index is 1310. The van der Waals surface area contributed by atoms with Crippen molar-refractivity contribution in [1.82, 2.24) is 15.1 Å². The van der Waals surface area contributed by atoms with Gasteiger partial charge in [0.15, 0.2) is 5.69 Å². The summed E-state index contributed by atoms with van der Waals surface area (Å²) in [6.45, 7) is 3.12. The summed E-state index contributed by atoms with van der Waals surface area (Å²) in [6, 6.07) is 13.6. The van der Waals surface area contributed by atoms with Crippen LogP contribution in [0.3, 0.4) is 0 Å². The summed E-state index contributed by atoms with van der Waals surface area (Å²) in [6.07, 6.45) is 4.84. The summed E-state index contributed by atoms with van der Waals surface area (Å²) in [7, 11) is 0. The number of ether oxygens (including phenoxy) is 1. The lowest BCUT2D eigenvalue weighted by molar-refractivity contribution is -0.109. The summed E-state index contributed by atoms with van der Waals surface area (Å²) in [4.78, 5) is 38.0. The number of unbranched alkanes of at least 4 members (excludes halogenated alkanes) is 1. The first-order valence-electron chi connectivity index (χ1n) is 12.3. The van der Waals surface area contributed by atoms with Crippen molar-refractivity contribution in [3.8, 4) is 11.4 Å². The molecule has 3 heterocycles. The number of primary amides is 1. The summed E-state index contributed by atoms with van der Waals surface area (Å²) in [5, 5.41) is 7.15. The van der Waals surface area contributed by atoms with E-state index >= 15 is 0 Å². The van der Waals surface area contributed by atoms with Crippen LogP contribution in [0.25, 0.3) is 5.69 Å². The van der Waals surface area contributed by atoms with Gasteiger partial charge in [-0.05, 0) is 74.1 Å². The van der Waals surface area contributed by atoms with Crippen molar-refractivity contribution in [3.05, 3.63) is 70.5 Å². The summed E-state index contributed by atoms with van der Waals surface area (Å²) in [5.41, 5.74) is 10.4. The highest BCUT2D eigenvalue weighted by Crippen LogP contribution is 2.33. The van der Waals surface area contributed by atoms with Gasteiger partial charge in [-0.15, -0.1) is 0 Å². The first-order valence-corrected chi connectivity index (χ1v) is 12.3. The molecule has 0 aliphatic carbocycles. The zero-order valence-electron chi connectivity index (χ0n) is 20.2. The number of aromatic nitrogens is 2. The summed E-state index contributed by atoms with van der Waals surface area (Å²) < 4.78 is 7.36. The van der Waals surface area contributed by atoms with E-state index in [0.29, 0.717) is 42.9 Å². The molecule has 9 heteroatoms. The highest BCUT2D eigenvalue weighted by Gasteiger charge is 2.35. The van der Waals surface area contributed by atoms with Crippen LogP contribution in [0, 0.1) is 0 Å². The molecule has 5 rings (SSSR count). The second-order valence-electron chi connectivity index (χ2n) is 9.28. The molecule has 2 aliphatic heterocycles. The number of nitrogens with two attached hydrogens (primary N) is 1. The van der Waals surface area contributed by atoms with Crippen molar-refractivity contribution in [1.29, 1.82) is 0 Å². The monoisotopic (exact) mass is 487 g/mol. The first-order chi connectivity index (χ1) is 17.5. The molecular formula is C27H29N5O4. The molecule has 36 heavy (non-hydrogen) atoms. The maximum Gasteiger partial charge on any atom is 0.277 e. The van der Waals surface area contributed by atoms with Gasteiger partial charge in [0.25, 0.3) is 11.8 Å². The van der Waals surface area contributed by atoms with Crippen LogP contribution >= 0.6 is 0 Å². The third kappa shape index (κ3) is 4.44. The van der Waals surface area contributed by atoms with Gasteiger partial charge in [0.2, 0.25) is 6.41 Å². The molecule has 0 spiro atoms. The second-order valence-corrected chi connectivity index (χ2v) is 9.28. The van der Waals surface area contributed by atoms with Gasteiger partial charge >= 0.3 is 0 Å². The van der Waals surface area contributed by atoms with Crippen LogP contribution < -0.4 is 20.7 Å². The van der Waals surface area contributed by atoms with Crippen molar-refractivity contribution in [2.45, 2.75) is 45.1 Å². The number of nitrogens with one attached hydrogen (secondary N) is 1. The highest BCUT2D eigenvalue weighted by molar-refractivity contribution is 6.09. The van der Waals surface area contributed by atoms with Crippen molar-refractivity contribution >= 4 is 23.9 Å². The minimum absolute atomic E-state index is 0.0936. The average molecular weight is 488 g/mol. The molecule has 3 aromatic rings. The number of carbonyl (C=O) groups is 3. The van der Waals surface area contributed by atoms with E-state index in [9.17, 15) is 14.4 Å². The molecule has 3 N–H and O–H groups in total. The first kappa shape index (κ1) is 23.6. The van der Waals surface area contributed by atoms with Crippen molar-refractivity contribution < 1.29 is 19.1 Å². The Balaban J connectivity index is 1.41. The molecule has 0 bridgehead atoms. The number of anilines is 1. The quantitative estimate of drug-likeness (QED) is 0.355. The third-order valence-corrected chi connectivity index (χ3v) is 6.74. The van der Waals surface area contributed by atoms with E-state index in [0.717, 1.165) is 42.7 Å². The highest BCUT2D eigenvalue weighted by atomic mass is 16.5. The smallest absolute Gasteiger partial charge is 0.277 e. The SMILES string of the molecule is CC1Cc2cc(-n3nc(C(N)=O)c4c3C(=O)N(c3ccc(CCCCNC=O)cc3)CC4)ccc2O1. The molecule has 0 saturated heterocycles. The zero-order valence-corrected chi connectivity index (χ0v) is 20.2. The number of rotatable bonds is 9. The van der Waals surface area contributed by atoms with Crippen LogP contribution in [-0.4, -0.2) is 47.2 Å². The van der Waals surface area contributed by atoms with Gasteiger partial charge in [0.05, 0.1) is 5.69 Å². The largest absolute Gasteiger partial charge is 0.490 e. The Morgan fingerprint density at radius 3 is 2.72 bits per heavy atom. The van der Waals surface area contributed by atoms with E-state index in [2.05, 4.69) is 10.4 Å². The lowest BCUT2D eigenvalue weighted by atomic mass is 10.0. The Morgan fingerprint density at radius 2 is 1.97 bits per heavy atom. The zero-order chi connectivity index (χ0) is 25.2. The maximum absolute atomic E-state index is 13.7. The van der Waals surface area contributed by atoms with Crippen molar-refractivity contribution in [3.63, 3.8) is 0 Å². The van der Waals surface area contributed by atoms with Gasteiger partial charge < -0.3 is 20.7 Å². The normalized spacial score (nSPS) is 16.3. The predicted molar refractivity (Wildman–Crippen MR) is 135 cm³/mol. The third-order valence-electron chi connectivity index (χ3n) is 6.74. The average Bonchev–Trinajstić information content (AvgIpc) is 3.44. The number of carbonyl (C=O) groups excluding carboxylic acids is 3. The van der Waals surface area contributed by atoms with Crippen LogP contribution in [0.2, 0.25) is 0 Å². The number of nitrogens with zero attached hydrogens (tertiary/aromatic N) is 3. The Labute approximate surface area is 209 Å². The van der Waals surface area contributed by atoms with Gasteiger partial charge in [0.1, 0.15) is 17.5 Å². The molecular weight excluding hydrogens is 458 g/mol. The van der Waals surface area contributed by atoms with Gasteiger partial charge in [-0.1, -0.05) is 12.1 Å². The molecule has 9 nitrogen and oxygen atoms in total. The standard InChI is InChI=1S/C27H29N5O4/c1-17-14-19-15-21(9-10-23(19)36-17)32-25-22(24(30-32)26(28)34)11-13-31(27(25)35)20-7-5-18(6-8-20)4-2-3-12-29-16-33/h5-10,15-17H,2-4,11-14H2,1H3,(H2,28,34)(H,29,33). The topological polar surface area (TPSA) is 120 Å². The number of fused-ring (bicyclic) bond motifs is 2. The van der Waals surface area contributed by atoms with Gasteiger partial charge in [-0.3, -0.25) is 14.4 Å². The van der Waals surface area contributed by atoms with Crippen LogP contribution in [0.15, 0.2) is 42.5 Å². The summed E-state index contributed by atoms with van der Waals surface area (Å²) >= 11 is 0. The van der Waals surface area contributed by atoms with Crippen molar-refractivity contribution in [2.75, 3.05) is 18.0 Å². The lowest BCUT2D eigenvalue weighted by Crippen LogP contribution is -2.39. The van der Waals surface area contributed by atoms with E-state index < -0.39 is 5.91 Å². The maximum atomic E-state index is 13.7. The molecule has 0 saturated carbocycles. The van der Waals surface area contributed by atoms with Crippen LogP contribution in [0.5, 0.6) is 5.75 Å². The fourth-order valence-electron chi connectivity index (χ4n) is 4.99. The number of benzene rings is 2. The van der Waals surface area contributed by atoms with Crippen LogP contribution in [-0.2, 0) is 24.1 Å². The van der Waals surface area contributed by atoms with Crippen molar-refractivity contribution in [2.24, 2.45) is 5.73 Å². The molecule has 1 atom stereocenters. The molecule has 1 unspecified atom stereocenters. The molecule has 2 aromatic carbocycles. The minimum atomic E-state index is -0.642. The van der Waals surface area contributed by atoms with E-state index in [-0.39, 0.29) is 17.7 Å². The van der Waals surface area contributed by atoms with E-state index in [1.807, 2.05) is 49.4 Å². The van der Waals surface area contributed by atoms with Gasteiger partial charge in [0, 0.05) is 30.8 Å². The second kappa shape index (κ2) is 9.85. The minimum Gasteiger partial charge on any atom is -0.490 e. The molecule has 0 fully saturated rings. The summed E-state index contributed by atoms with van der Waals surface area (Å²) in [5.74, 6) is -0.0263. The Kier molecular flexibility index (Phi) is 6.45. The Hall–Kier alpha value is -4.14. The van der Waals surface area contributed by atoms with Gasteiger partial charge in [-0.25, -0.2) is 4.68 Å². The van der Waals surface area contributed by atoms with Crippen LogP contribution in [0.1, 0.15) is 57.4 Å². The molecule has 3 amide bonds. The fraction of sp³-hybridized carbons (Fsp3) is 0.333. The Morgan fingerprint density at radius 1 is 1.19 bits per heavy atom. The number of hydrogen-bond donors (Lipinski definition) is 2. The predicted octanol–water partition coefficient (Wildman–Crippen LogP) is 2.57. The van der Waals surface area contributed by atoms with E-state index in [1.165, 1.54) is 5.56 Å². The molecule has 1 aromatic heterocycles. The molecule has 2 aliphatic rings. The fourth-order valence-corrected chi connectivity index (χ4v) is 4.99. The molecule has 186 valence electrons. The van der Waals surface area contributed by atoms with Gasteiger partial charge in [-0.2, -0.15) is 5.10 Å². The number of amides is 3. The van der Waals surface area contributed by atoms with E-state index in [1.54, 1.807) is 9.58 Å². The number of aryl methyl sites for hydroxylation is 1. The molecule has 0 radical (unpaired) electrons. The lowest BCUT2D eigenvalue weighted by Gasteiger charge is -2.28.